The Hall–Kier alpha value is -2.33. The minimum atomic E-state index is -0.232. The van der Waals surface area contributed by atoms with Gasteiger partial charge in [-0.05, 0) is 36.5 Å². The highest BCUT2D eigenvalue weighted by Crippen LogP contribution is 2.40. The van der Waals surface area contributed by atoms with Crippen LogP contribution in [0, 0.1) is 0 Å². The van der Waals surface area contributed by atoms with Gasteiger partial charge in [-0.25, -0.2) is 9.78 Å². The molecular weight excluding hydrogens is 336 g/mol. The first kappa shape index (κ1) is 16.2. The number of benzene rings is 1. The number of hydrogen-bond acceptors (Lipinski definition) is 3. The molecule has 0 spiro atoms. The second kappa shape index (κ2) is 6.89. The Bertz CT molecular complexity index is 806. The van der Waals surface area contributed by atoms with Crippen molar-refractivity contribution in [1.29, 1.82) is 0 Å². The molecule has 4 nitrogen and oxygen atoms in total. The summed E-state index contributed by atoms with van der Waals surface area (Å²) in [6.45, 7) is 0.306. The SMILES string of the molecule is O=C(OCc1ccccc1)N1C2C=C(c3cccnc3Cl)CC1CC2. The van der Waals surface area contributed by atoms with Crippen molar-refractivity contribution in [3.05, 3.63) is 71.0 Å². The number of aromatic nitrogens is 1. The van der Waals surface area contributed by atoms with Crippen LogP contribution in [0.1, 0.15) is 30.4 Å². The summed E-state index contributed by atoms with van der Waals surface area (Å²) in [4.78, 5) is 18.6. The molecule has 3 heterocycles. The molecule has 2 aliphatic rings. The van der Waals surface area contributed by atoms with E-state index in [1.165, 1.54) is 5.57 Å². The van der Waals surface area contributed by atoms with Crippen LogP contribution >= 0.6 is 11.6 Å². The van der Waals surface area contributed by atoms with Gasteiger partial charge in [0, 0.05) is 17.8 Å². The van der Waals surface area contributed by atoms with Crippen molar-refractivity contribution in [2.75, 3.05) is 0 Å². The van der Waals surface area contributed by atoms with Crippen LogP contribution in [0.25, 0.3) is 5.57 Å². The Morgan fingerprint density at radius 1 is 1.20 bits per heavy atom. The molecular formula is C20H19ClN2O2. The maximum Gasteiger partial charge on any atom is 0.410 e. The van der Waals surface area contributed by atoms with Gasteiger partial charge >= 0.3 is 6.09 Å². The topological polar surface area (TPSA) is 42.4 Å². The maximum absolute atomic E-state index is 12.6. The molecule has 1 amide bonds. The molecule has 2 unspecified atom stereocenters. The number of pyridine rings is 1. The summed E-state index contributed by atoms with van der Waals surface area (Å²) in [5, 5.41) is 0.522. The summed E-state index contributed by atoms with van der Waals surface area (Å²) >= 11 is 6.23. The monoisotopic (exact) mass is 354 g/mol. The Kier molecular flexibility index (Phi) is 4.45. The summed E-state index contributed by atoms with van der Waals surface area (Å²) < 4.78 is 5.53. The van der Waals surface area contributed by atoms with Crippen LogP contribution in [-0.2, 0) is 11.3 Å². The van der Waals surface area contributed by atoms with Gasteiger partial charge in [-0.3, -0.25) is 4.90 Å². The second-order valence-corrected chi connectivity index (χ2v) is 6.84. The first-order chi connectivity index (χ1) is 12.2. The number of carbonyl (C=O) groups excluding carboxylic acids is 1. The molecule has 0 aliphatic carbocycles. The highest BCUT2D eigenvalue weighted by molar-refractivity contribution is 6.31. The molecule has 1 fully saturated rings. The van der Waals surface area contributed by atoms with Crippen LogP contribution in [-0.4, -0.2) is 28.1 Å². The Balaban J connectivity index is 1.48. The molecule has 0 saturated carbocycles. The summed E-state index contributed by atoms with van der Waals surface area (Å²) in [6.07, 6.45) is 6.36. The molecule has 128 valence electrons. The molecule has 1 aromatic carbocycles. The van der Waals surface area contributed by atoms with Crippen LogP contribution in [0.15, 0.2) is 54.7 Å². The maximum atomic E-state index is 12.6. The lowest BCUT2D eigenvalue weighted by Gasteiger charge is -2.33. The fourth-order valence-corrected chi connectivity index (χ4v) is 3.97. The number of ether oxygens (including phenoxy) is 1. The van der Waals surface area contributed by atoms with Crippen LogP contribution in [0.5, 0.6) is 0 Å². The van der Waals surface area contributed by atoms with E-state index in [0.717, 1.165) is 30.4 Å². The lowest BCUT2D eigenvalue weighted by Crippen LogP contribution is -2.43. The van der Waals surface area contributed by atoms with Crippen molar-refractivity contribution in [1.82, 2.24) is 9.88 Å². The number of fused-ring (bicyclic) bond motifs is 2. The quantitative estimate of drug-likeness (QED) is 0.751. The largest absolute Gasteiger partial charge is 0.445 e. The van der Waals surface area contributed by atoms with Crippen molar-refractivity contribution in [2.24, 2.45) is 0 Å². The van der Waals surface area contributed by atoms with Gasteiger partial charge in [0.05, 0.1) is 6.04 Å². The average molecular weight is 355 g/mol. The summed E-state index contributed by atoms with van der Waals surface area (Å²) in [5.41, 5.74) is 3.15. The minimum absolute atomic E-state index is 0.0771. The van der Waals surface area contributed by atoms with Gasteiger partial charge in [0.15, 0.2) is 0 Å². The van der Waals surface area contributed by atoms with Crippen LogP contribution in [0.4, 0.5) is 4.79 Å². The molecule has 2 aromatic rings. The number of rotatable bonds is 3. The first-order valence-corrected chi connectivity index (χ1v) is 8.91. The highest BCUT2D eigenvalue weighted by Gasteiger charge is 2.40. The van der Waals surface area contributed by atoms with Gasteiger partial charge in [-0.1, -0.05) is 54.1 Å². The van der Waals surface area contributed by atoms with Gasteiger partial charge in [-0.2, -0.15) is 0 Å². The predicted octanol–water partition coefficient (Wildman–Crippen LogP) is 4.69. The molecule has 25 heavy (non-hydrogen) atoms. The third-order valence-electron chi connectivity index (χ3n) is 4.92. The van der Waals surface area contributed by atoms with Crippen LogP contribution in [0.3, 0.4) is 0 Å². The van der Waals surface area contributed by atoms with Gasteiger partial charge in [0.1, 0.15) is 11.8 Å². The van der Waals surface area contributed by atoms with E-state index < -0.39 is 0 Å². The molecule has 4 rings (SSSR count). The predicted molar refractivity (Wildman–Crippen MR) is 97.1 cm³/mol. The Morgan fingerprint density at radius 2 is 2.04 bits per heavy atom. The number of halogens is 1. The smallest absolute Gasteiger partial charge is 0.410 e. The van der Waals surface area contributed by atoms with Gasteiger partial charge in [-0.15, -0.1) is 0 Å². The van der Waals surface area contributed by atoms with Crippen LogP contribution in [0.2, 0.25) is 5.15 Å². The molecule has 1 saturated heterocycles. The fraction of sp³-hybridized carbons (Fsp3) is 0.300. The Morgan fingerprint density at radius 3 is 2.80 bits per heavy atom. The minimum Gasteiger partial charge on any atom is -0.445 e. The van der Waals surface area contributed by atoms with Crippen molar-refractivity contribution in [2.45, 2.75) is 38.0 Å². The molecule has 0 N–H and O–H groups in total. The summed E-state index contributed by atoms with van der Waals surface area (Å²) in [6, 6.07) is 13.9. The third-order valence-corrected chi connectivity index (χ3v) is 5.22. The molecule has 2 bridgehead atoms. The average Bonchev–Trinajstić information content (AvgIpc) is 2.91. The van der Waals surface area contributed by atoms with Gasteiger partial charge in [0.25, 0.3) is 0 Å². The lowest BCUT2D eigenvalue weighted by atomic mass is 9.96. The molecule has 1 aromatic heterocycles. The van der Waals surface area contributed by atoms with Crippen molar-refractivity contribution in [3.63, 3.8) is 0 Å². The summed E-state index contributed by atoms with van der Waals surface area (Å²) in [7, 11) is 0. The van der Waals surface area contributed by atoms with E-state index in [0.29, 0.717) is 11.8 Å². The van der Waals surface area contributed by atoms with Crippen LogP contribution < -0.4 is 0 Å². The molecule has 2 aliphatic heterocycles. The summed E-state index contributed by atoms with van der Waals surface area (Å²) in [5.74, 6) is 0. The molecule has 0 radical (unpaired) electrons. The van der Waals surface area contributed by atoms with E-state index in [9.17, 15) is 4.79 Å². The van der Waals surface area contributed by atoms with E-state index >= 15 is 0 Å². The number of hydrogen-bond donors (Lipinski definition) is 0. The first-order valence-electron chi connectivity index (χ1n) is 8.53. The third kappa shape index (κ3) is 3.27. The van der Waals surface area contributed by atoms with Crippen molar-refractivity contribution >= 4 is 23.3 Å². The van der Waals surface area contributed by atoms with E-state index in [1.54, 1.807) is 6.20 Å². The molecule has 2 atom stereocenters. The van der Waals surface area contributed by atoms with E-state index in [-0.39, 0.29) is 18.2 Å². The lowest BCUT2D eigenvalue weighted by molar-refractivity contribution is 0.0832. The zero-order valence-electron chi connectivity index (χ0n) is 13.8. The zero-order chi connectivity index (χ0) is 17.2. The highest BCUT2D eigenvalue weighted by atomic mass is 35.5. The van der Waals surface area contributed by atoms with E-state index in [4.69, 9.17) is 16.3 Å². The second-order valence-electron chi connectivity index (χ2n) is 6.48. The van der Waals surface area contributed by atoms with Gasteiger partial charge < -0.3 is 4.74 Å². The van der Waals surface area contributed by atoms with Crippen molar-refractivity contribution < 1.29 is 9.53 Å². The standard InChI is InChI=1S/C20H19ClN2O2/c21-19-18(7-4-10-22-19)15-11-16-8-9-17(12-15)23(16)20(24)25-13-14-5-2-1-3-6-14/h1-7,10-11,16-17H,8-9,12-13H2. The molecule has 5 heteroatoms. The normalized spacial score (nSPS) is 21.8. The van der Waals surface area contributed by atoms with E-state index in [1.807, 2.05) is 47.4 Å². The van der Waals surface area contributed by atoms with Crippen molar-refractivity contribution in [3.8, 4) is 0 Å². The number of carbonyl (C=O) groups is 1. The van der Waals surface area contributed by atoms with Gasteiger partial charge in [0.2, 0.25) is 0 Å². The Labute approximate surface area is 152 Å². The van der Waals surface area contributed by atoms with E-state index in [2.05, 4.69) is 11.1 Å². The number of nitrogens with zero attached hydrogens (tertiary/aromatic N) is 2. The fourth-order valence-electron chi connectivity index (χ4n) is 3.73. The zero-order valence-corrected chi connectivity index (χ0v) is 14.5. The number of amides is 1.